The first-order chi connectivity index (χ1) is 11.3. The van der Waals surface area contributed by atoms with Crippen molar-refractivity contribution in [3.63, 3.8) is 0 Å². The van der Waals surface area contributed by atoms with Crippen molar-refractivity contribution < 1.29 is 27.8 Å². The Hall–Kier alpha value is -1.68. The molecule has 1 aromatic rings. The molecule has 0 unspecified atom stereocenters. The van der Waals surface area contributed by atoms with Crippen LogP contribution < -0.4 is 9.62 Å². The second-order valence-electron chi connectivity index (χ2n) is 6.02. The Labute approximate surface area is 140 Å². The molecule has 0 radical (unpaired) electrons. The van der Waals surface area contributed by atoms with Gasteiger partial charge in [-0.05, 0) is 24.3 Å². The molecule has 8 nitrogen and oxygen atoms in total. The summed E-state index contributed by atoms with van der Waals surface area (Å²) in [6, 6.07) is 5.94. The minimum Gasteiger partial charge on any atom is -0.388 e. The molecule has 2 saturated heterocycles. The second kappa shape index (κ2) is 6.32. The van der Waals surface area contributed by atoms with Crippen molar-refractivity contribution in [3.8, 4) is 0 Å². The zero-order valence-electron chi connectivity index (χ0n) is 13.4. The Morgan fingerprint density at radius 1 is 1.21 bits per heavy atom. The van der Waals surface area contributed by atoms with Crippen LogP contribution in [-0.2, 0) is 19.5 Å². The number of ether oxygens (including phenoxy) is 2. The van der Waals surface area contributed by atoms with E-state index in [1.54, 1.807) is 24.3 Å². The number of carbonyl (C=O) groups is 1. The van der Waals surface area contributed by atoms with Crippen molar-refractivity contribution in [2.24, 2.45) is 0 Å². The number of benzene rings is 1. The third-order valence-electron chi connectivity index (χ3n) is 4.33. The van der Waals surface area contributed by atoms with E-state index in [9.17, 15) is 18.3 Å². The van der Waals surface area contributed by atoms with Gasteiger partial charge in [0.05, 0.1) is 31.2 Å². The zero-order valence-corrected chi connectivity index (χ0v) is 14.2. The molecular weight excluding hydrogens is 336 g/mol. The molecule has 2 heterocycles. The molecule has 0 saturated carbocycles. The van der Waals surface area contributed by atoms with Gasteiger partial charge in [0.2, 0.25) is 10.0 Å². The summed E-state index contributed by atoms with van der Waals surface area (Å²) in [5.74, 6) is -0.303. The van der Waals surface area contributed by atoms with Crippen molar-refractivity contribution >= 4 is 21.6 Å². The van der Waals surface area contributed by atoms with Gasteiger partial charge in [-0.2, -0.15) is 0 Å². The van der Waals surface area contributed by atoms with E-state index in [-0.39, 0.29) is 31.3 Å². The number of fused-ring (bicyclic) bond motifs is 1. The van der Waals surface area contributed by atoms with E-state index >= 15 is 0 Å². The number of aliphatic hydroxyl groups excluding tert-OH is 1. The largest absolute Gasteiger partial charge is 0.388 e. The molecule has 1 aromatic carbocycles. The Morgan fingerprint density at radius 2 is 1.83 bits per heavy atom. The number of nitrogens with zero attached hydrogens (tertiary/aromatic N) is 1. The van der Waals surface area contributed by atoms with Gasteiger partial charge in [0, 0.05) is 12.6 Å². The summed E-state index contributed by atoms with van der Waals surface area (Å²) < 4.78 is 35.1. The number of carbonyl (C=O) groups excluding carboxylic acids is 1. The van der Waals surface area contributed by atoms with Gasteiger partial charge in [0.1, 0.15) is 18.3 Å². The predicted octanol–water partition coefficient (Wildman–Crippen LogP) is -0.661. The molecule has 1 amide bonds. The lowest BCUT2D eigenvalue weighted by molar-refractivity contribution is 0.0178. The van der Waals surface area contributed by atoms with E-state index in [1.165, 1.54) is 7.05 Å². The van der Waals surface area contributed by atoms with Crippen LogP contribution in [0.5, 0.6) is 0 Å². The first kappa shape index (κ1) is 17.2. The van der Waals surface area contributed by atoms with Crippen LogP contribution in [0.1, 0.15) is 10.4 Å². The van der Waals surface area contributed by atoms with Gasteiger partial charge in [0.15, 0.2) is 0 Å². The molecule has 2 aliphatic heterocycles. The summed E-state index contributed by atoms with van der Waals surface area (Å²) in [7, 11) is -1.90. The maximum atomic E-state index is 12.3. The molecule has 0 aliphatic carbocycles. The minimum atomic E-state index is -3.35. The molecule has 0 spiro atoms. The van der Waals surface area contributed by atoms with Crippen molar-refractivity contribution in [3.05, 3.63) is 29.8 Å². The molecule has 4 atom stereocenters. The molecule has 2 aliphatic rings. The highest BCUT2D eigenvalue weighted by atomic mass is 32.2. The lowest BCUT2D eigenvalue weighted by atomic mass is 10.1. The van der Waals surface area contributed by atoms with E-state index < -0.39 is 22.2 Å². The number of hydrogen-bond donors (Lipinski definition) is 2. The molecule has 3 rings (SSSR count). The Kier molecular flexibility index (Phi) is 4.52. The number of rotatable bonds is 4. The first-order valence-corrected chi connectivity index (χ1v) is 9.38. The quantitative estimate of drug-likeness (QED) is 0.742. The highest BCUT2D eigenvalue weighted by molar-refractivity contribution is 7.92. The molecule has 24 heavy (non-hydrogen) atoms. The maximum Gasteiger partial charge on any atom is 0.251 e. The summed E-state index contributed by atoms with van der Waals surface area (Å²) in [6.45, 7) is 0.487. The standard InChI is InChI=1S/C15H20N2O6S/c1-17(24(2,20)21)10-5-3-9(4-6-10)15(19)16-11-7-22-14-12(18)8-23-13(11)14/h3-6,11-14,18H,7-8H2,1-2H3,(H,16,19)/t11-,12-,13-,14-/m1/s1. The van der Waals surface area contributed by atoms with Crippen molar-refractivity contribution in [2.45, 2.75) is 24.4 Å². The average molecular weight is 356 g/mol. The summed E-state index contributed by atoms with van der Waals surface area (Å²) in [5.41, 5.74) is 0.878. The summed E-state index contributed by atoms with van der Waals surface area (Å²) >= 11 is 0. The maximum absolute atomic E-state index is 12.3. The van der Waals surface area contributed by atoms with Crippen LogP contribution in [0.3, 0.4) is 0 Å². The molecule has 132 valence electrons. The normalized spacial score (nSPS) is 29.3. The highest BCUT2D eigenvalue weighted by Gasteiger charge is 2.47. The third-order valence-corrected chi connectivity index (χ3v) is 5.54. The smallest absolute Gasteiger partial charge is 0.251 e. The van der Waals surface area contributed by atoms with Crippen LogP contribution in [0, 0.1) is 0 Å². The van der Waals surface area contributed by atoms with Crippen LogP contribution in [0.15, 0.2) is 24.3 Å². The second-order valence-corrected chi connectivity index (χ2v) is 8.03. The number of aliphatic hydroxyl groups is 1. The SMILES string of the molecule is CN(c1ccc(C(=O)N[C@@H]2CO[C@H]3[C@@H]2OC[C@H]3O)cc1)S(C)(=O)=O. The van der Waals surface area contributed by atoms with Crippen molar-refractivity contribution in [1.29, 1.82) is 0 Å². The Bertz CT molecular complexity index is 720. The number of amides is 1. The van der Waals surface area contributed by atoms with Crippen LogP contribution in [-0.4, -0.2) is 70.3 Å². The van der Waals surface area contributed by atoms with Crippen LogP contribution in [0.25, 0.3) is 0 Å². The molecule has 9 heteroatoms. The van der Waals surface area contributed by atoms with Gasteiger partial charge in [-0.15, -0.1) is 0 Å². The molecule has 0 bridgehead atoms. The molecular formula is C15H20N2O6S. The topological polar surface area (TPSA) is 105 Å². The number of anilines is 1. The van der Waals surface area contributed by atoms with E-state index in [0.717, 1.165) is 10.6 Å². The lowest BCUT2D eigenvalue weighted by Gasteiger charge is -2.18. The van der Waals surface area contributed by atoms with Crippen molar-refractivity contribution in [2.75, 3.05) is 30.8 Å². The zero-order chi connectivity index (χ0) is 17.5. The van der Waals surface area contributed by atoms with Gasteiger partial charge in [0.25, 0.3) is 5.91 Å². The average Bonchev–Trinajstić information content (AvgIpc) is 3.10. The van der Waals surface area contributed by atoms with E-state index in [1.807, 2.05) is 0 Å². The number of hydrogen-bond acceptors (Lipinski definition) is 6. The summed E-state index contributed by atoms with van der Waals surface area (Å²) in [6.07, 6.45) is -0.302. The molecule has 0 aromatic heterocycles. The fraction of sp³-hybridized carbons (Fsp3) is 0.533. The monoisotopic (exact) mass is 356 g/mol. The van der Waals surface area contributed by atoms with E-state index in [4.69, 9.17) is 9.47 Å². The molecule has 2 N–H and O–H groups in total. The van der Waals surface area contributed by atoms with Gasteiger partial charge in [-0.3, -0.25) is 9.10 Å². The summed E-state index contributed by atoms with van der Waals surface area (Å²) in [4.78, 5) is 12.3. The van der Waals surface area contributed by atoms with Crippen LogP contribution >= 0.6 is 0 Å². The highest BCUT2D eigenvalue weighted by Crippen LogP contribution is 2.27. The number of nitrogens with one attached hydrogen (secondary N) is 1. The fourth-order valence-electron chi connectivity index (χ4n) is 2.87. The fourth-order valence-corrected chi connectivity index (χ4v) is 3.37. The summed E-state index contributed by atoms with van der Waals surface area (Å²) in [5, 5.41) is 12.5. The van der Waals surface area contributed by atoms with Crippen LogP contribution in [0.2, 0.25) is 0 Å². The predicted molar refractivity (Wildman–Crippen MR) is 86.4 cm³/mol. The van der Waals surface area contributed by atoms with Gasteiger partial charge in [-0.1, -0.05) is 0 Å². The van der Waals surface area contributed by atoms with Gasteiger partial charge >= 0.3 is 0 Å². The first-order valence-electron chi connectivity index (χ1n) is 7.53. The number of sulfonamides is 1. The van der Waals surface area contributed by atoms with E-state index in [2.05, 4.69) is 5.32 Å². The minimum absolute atomic E-state index is 0.203. The lowest BCUT2D eigenvalue weighted by Crippen LogP contribution is -2.44. The Balaban J connectivity index is 1.66. The van der Waals surface area contributed by atoms with Crippen molar-refractivity contribution in [1.82, 2.24) is 5.32 Å². The van der Waals surface area contributed by atoms with Gasteiger partial charge in [-0.25, -0.2) is 8.42 Å². The molecule has 2 fully saturated rings. The van der Waals surface area contributed by atoms with Crippen LogP contribution in [0.4, 0.5) is 5.69 Å². The Morgan fingerprint density at radius 3 is 2.46 bits per heavy atom. The van der Waals surface area contributed by atoms with Gasteiger partial charge < -0.3 is 19.9 Å². The third kappa shape index (κ3) is 3.25. The van der Waals surface area contributed by atoms with E-state index in [0.29, 0.717) is 11.3 Å².